The highest BCUT2D eigenvalue weighted by atomic mass is 32.1. The predicted octanol–water partition coefficient (Wildman–Crippen LogP) is 5.39. The van der Waals surface area contributed by atoms with E-state index in [4.69, 9.17) is 9.47 Å². The van der Waals surface area contributed by atoms with Crippen LogP contribution in [-0.4, -0.2) is 41.7 Å². The molecule has 8 nitrogen and oxygen atoms in total. The van der Waals surface area contributed by atoms with Crippen LogP contribution < -0.4 is 15.4 Å². The molecule has 0 aliphatic rings. The van der Waals surface area contributed by atoms with E-state index in [1.165, 1.54) is 24.4 Å². The molecule has 0 saturated heterocycles. The number of urea groups is 1. The van der Waals surface area contributed by atoms with Gasteiger partial charge in [-0.3, -0.25) is 10.3 Å². The highest BCUT2D eigenvalue weighted by molar-refractivity contribution is 7.22. The van der Waals surface area contributed by atoms with Crippen LogP contribution in [0.25, 0.3) is 32.6 Å². The van der Waals surface area contributed by atoms with Gasteiger partial charge in [0.1, 0.15) is 22.8 Å². The van der Waals surface area contributed by atoms with Crippen molar-refractivity contribution in [3.63, 3.8) is 0 Å². The Hall–Kier alpha value is -4.12. The summed E-state index contributed by atoms with van der Waals surface area (Å²) in [6.45, 7) is 3.77. The first kappa shape index (κ1) is 25.0. The normalized spacial score (nSPS) is 10.8. The Bertz CT molecular complexity index is 1430. The van der Waals surface area contributed by atoms with Crippen molar-refractivity contribution in [3.05, 3.63) is 60.3 Å². The molecule has 4 aromatic rings. The highest BCUT2D eigenvalue weighted by Gasteiger charge is 2.22. The number of halogens is 2. The van der Waals surface area contributed by atoms with E-state index in [9.17, 15) is 14.0 Å². The number of esters is 1. The van der Waals surface area contributed by atoms with Gasteiger partial charge in [0.15, 0.2) is 17.6 Å². The zero-order valence-electron chi connectivity index (χ0n) is 19.4. The van der Waals surface area contributed by atoms with Crippen LogP contribution >= 0.6 is 11.3 Å². The SMILES string of the molecule is CCNC(=O)Nc1nc2c(F)c(-c3cccc(OCC(=O)OCC)c3)cc(-c3ncccc3F)c2s1. The molecule has 2 aromatic carbocycles. The summed E-state index contributed by atoms with van der Waals surface area (Å²) in [5.41, 5.74) is 0.839. The molecule has 0 unspecified atom stereocenters. The number of anilines is 1. The number of nitrogens with one attached hydrogen (secondary N) is 2. The van der Waals surface area contributed by atoms with Crippen molar-refractivity contribution < 1.29 is 27.8 Å². The van der Waals surface area contributed by atoms with E-state index >= 15 is 4.39 Å². The maximum absolute atomic E-state index is 15.8. The van der Waals surface area contributed by atoms with Crippen LogP contribution in [0.2, 0.25) is 0 Å². The molecule has 0 saturated carbocycles. The standard InChI is InChI=1S/C25H22F2N4O4S/c1-3-28-24(33)31-25-30-22-20(27)16(12-17(23(22)36-25)21-18(26)9-6-10-29-21)14-7-5-8-15(11-14)35-13-19(32)34-4-2/h5-12H,3-4,13H2,1-2H3,(H2,28,30,31,33). The Morgan fingerprint density at radius 2 is 1.92 bits per heavy atom. The summed E-state index contributed by atoms with van der Waals surface area (Å²) in [7, 11) is 0. The molecule has 0 atom stereocenters. The Balaban J connectivity index is 1.82. The van der Waals surface area contributed by atoms with Gasteiger partial charge in [0, 0.05) is 23.9 Å². The summed E-state index contributed by atoms with van der Waals surface area (Å²) in [6.07, 6.45) is 1.44. The fraction of sp³-hybridized carbons (Fsp3) is 0.200. The molecule has 11 heteroatoms. The first-order valence-corrected chi connectivity index (χ1v) is 11.9. The molecule has 36 heavy (non-hydrogen) atoms. The number of fused-ring (bicyclic) bond motifs is 1. The smallest absolute Gasteiger partial charge is 0.344 e. The van der Waals surface area contributed by atoms with Crippen molar-refractivity contribution in [1.82, 2.24) is 15.3 Å². The van der Waals surface area contributed by atoms with E-state index in [1.54, 1.807) is 38.1 Å². The quantitative estimate of drug-likeness (QED) is 0.307. The van der Waals surface area contributed by atoms with E-state index < -0.39 is 23.6 Å². The number of amides is 2. The number of hydrogen-bond donors (Lipinski definition) is 2. The van der Waals surface area contributed by atoms with E-state index in [1.807, 2.05) is 0 Å². The second kappa shape index (κ2) is 11.1. The molecule has 2 heterocycles. The Morgan fingerprint density at radius 1 is 1.08 bits per heavy atom. The van der Waals surface area contributed by atoms with E-state index in [2.05, 4.69) is 20.6 Å². The molecule has 0 aliphatic heterocycles. The molecular weight excluding hydrogens is 490 g/mol. The van der Waals surface area contributed by atoms with Crippen LogP contribution in [0.1, 0.15) is 13.8 Å². The van der Waals surface area contributed by atoms with Crippen LogP contribution in [0, 0.1) is 11.6 Å². The van der Waals surface area contributed by atoms with Crippen molar-refractivity contribution in [2.24, 2.45) is 0 Å². The van der Waals surface area contributed by atoms with Crippen LogP contribution in [0.15, 0.2) is 48.7 Å². The first-order chi connectivity index (χ1) is 17.4. The molecule has 2 amide bonds. The second-order valence-corrected chi connectivity index (χ2v) is 8.42. The fourth-order valence-electron chi connectivity index (χ4n) is 3.48. The molecule has 0 fully saturated rings. The topological polar surface area (TPSA) is 102 Å². The van der Waals surface area contributed by atoms with Crippen molar-refractivity contribution >= 4 is 38.7 Å². The Morgan fingerprint density at radius 3 is 2.67 bits per heavy atom. The number of aromatic nitrogens is 2. The number of carbonyl (C=O) groups is 2. The zero-order chi connectivity index (χ0) is 25.7. The predicted molar refractivity (Wildman–Crippen MR) is 133 cm³/mol. The van der Waals surface area contributed by atoms with Crippen molar-refractivity contribution in [1.29, 1.82) is 0 Å². The third-order valence-electron chi connectivity index (χ3n) is 4.98. The second-order valence-electron chi connectivity index (χ2n) is 7.42. The lowest BCUT2D eigenvalue weighted by atomic mass is 9.99. The van der Waals surface area contributed by atoms with Gasteiger partial charge in [-0.1, -0.05) is 23.5 Å². The number of rotatable bonds is 8. The Kier molecular flexibility index (Phi) is 7.69. The highest BCUT2D eigenvalue weighted by Crippen LogP contribution is 2.41. The summed E-state index contributed by atoms with van der Waals surface area (Å²) in [5.74, 6) is -1.46. The van der Waals surface area contributed by atoms with Crippen molar-refractivity contribution in [3.8, 4) is 28.1 Å². The third-order valence-corrected chi connectivity index (χ3v) is 5.99. The average Bonchev–Trinajstić information content (AvgIpc) is 3.28. The van der Waals surface area contributed by atoms with Gasteiger partial charge >= 0.3 is 12.0 Å². The van der Waals surface area contributed by atoms with Gasteiger partial charge in [-0.15, -0.1) is 0 Å². The van der Waals surface area contributed by atoms with E-state index in [-0.39, 0.29) is 35.1 Å². The van der Waals surface area contributed by atoms with Gasteiger partial charge in [0.2, 0.25) is 0 Å². The largest absolute Gasteiger partial charge is 0.482 e. The summed E-state index contributed by atoms with van der Waals surface area (Å²) < 4.78 is 41.2. The minimum absolute atomic E-state index is 0.0201. The summed E-state index contributed by atoms with van der Waals surface area (Å²) >= 11 is 1.01. The lowest BCUT2D eigenvalue weighted by Gasteiger charge is -2.11. The van der Waals surface area contributed by atoms with Gasteiger partial charge in [0.05, 0.1) is 11.3 Å². The number of carbonyl (C=O) groups excluding carboxylic acids is 2. The fourth-order valence-corrected chi connectivity index (χ4v) is 4.45. The molecule has 0 radical (unpaired) electrons. The lowest BCUT2D eigenvalue weighted by Crippen LogP contribution is -2.28. The minimum atomic E-state index is -0.659. The summed E-state index contributed by atoms with van der Waals surface area (Å²) in [6, 6.07) is 10.2. The third kappa shape index (κ3) is 5.41. The number of nitrogens with zero attached hydrogens (tertiary/aromatic N) is 2. The van der Waals surface area contributed by atoms with Crippen molar-refractivity contribution in [2.45, 2.75) is 13.8 Å². The lowest BCUT2D eigenvalue weighted by molar-refractivity contribution is -0.145. The number of benzene rings is 2. The maximum Gasteiger partial charge on any atom is 0.344 e. The average molecular weight is 513 g/mol. The van der Waals surface area contributed by atoms with Gasteiger partial charge in [-0.05, 0) is 49.7 Å². The maximum atomic E-state index is 15.8. The van der Waals surface area contributed by atoms with Crippen LogP contribution in [0.4, 0.5) is 18.7 Å². The molecule has 2 aromatic heterocycles. The van der Waals surface area contributed by atoms with Crippen molar-refractivity contribution in [2.75, 3.05) is 25.1 Å². The van der Waals surface area contributed by atoms with E-state index in [0.29, 0.717) is 28.1 Å². The number of thiazole rings is 1. The number of pyridine rings is 1. The van der Waals surface area contributed by atoms with Crippen LogP contribution in [0.5, 0.6) is 5.75 Å². The summed E-state index contributed by atoms with van der Waals surface area (Å²) in [5, 5.41) is 5.30. The van der Waals surface area contributed by atoms with Crippen LogP contribution in [-0.2, 0) is 9.53 Å². The molecule has 186 valence electrons. The molecule has 4 rings (SSSR count). The zero-order valence-corrected chi connectivity index (χ0v) is 20.2. The number of ether oxygens (including phenoxy) is 2. The van der Waals surface area contributed by atoms with Gasteiger partial charge < -0.3 is 14.8 Å². The first-order valence-electron chi connectivity index (χ1n) is 11.1. The molecule has 0 aliphatic carbocycles. The van der Waals surface area contributed by atoms with Crippen LogP contribution in [0.3, 0.4) is 0 Å². The molecule has 2 N–H and O–H groups in total. The molecular formula is C25H22F2N4O4S. The van der Waals surface area contributed by atoms with Gasteiger partial charge in [-0.2, -0.15) is 0 Å². The Labute approximate surface area is 209 Å². The van der Waals surface area contributed by atoms with Gasteiger partial charge in [0.25, 0.3) is 0 Å². The molecule has 0 spiro atoms. The van der Waals surface area contributed by atoms with Gasteiger partial charge in [-0.25, -0.2) is 23.4 Å². The van der Waals surface area contributed by atoms with E-state index in [0.717, 1.165) is 11.3 Å². The number of hydrogen-bond acceptors (Lipinski definition) is 7. The monoisotopic (exact) mass is 512 g/mol. The molecule has 0 bridgehead atoms. The minimum Gasteiger partial charge on any atom is -0.482 e. The summed E-state index contributed by atoms with van der Waals surface area (Å²) in [4.78, 5) is 32.0.